The molecule has 2 aromatic carbocycles. The molecular weight excluding hydrogens is 380 g/mol. The van der Waals surface area contributed by atoms with Crippen molar-refractivity contribution in [2.75, 3.05) is 0 Å². The molecule has 3 rings (SSSR count). The topological polar surface area (TPSA) is 90.1 Å². The monoisotopic (exact) mass is 398 g/mol. The standard InChI is InChI=1S/C20H19ClN4O3/c1-3-13(2)22-20(26)19-12-17(14-8-10-15(11-9-14)25(27)28)23-24(19)18-7-5-4-6-16(18)21/h4-13H,3H2,1-2H3,(H,22,26)/t13-/m0/s1. The van der Waals surface area contributed by atoms with Crippen molar-refractivity contribution in [1.29, 1.82) is 0 Å². The summed E-state index contributed by atoms with van der Waals surface area (Å²) in [4.78, 5) is 23.2. The van der Waals surface area contributed by atoms with E-state index in [-0.39, 0.29) is 17.6 Å². The smallest absolute Gasteiger partial charge is 0.270 e. The number of nitrogens with zero attached hydrogens (tertiary/aromatic N) is 3. The third-order valence-corrected chi connectivity index (χ3v) is 4.71. The molecule has 0 saturated heterocycles. The lowest BCUT2D eigenvalue weighted by Crippen LogP contribution is -2.33. The van der Waals surface area contributed by atoms with E-state index in [1.54, 1.807) is 36.4 Å². The number of nitrogens with one attached hydrogen (secondary N) is 1. The fourth-order valence-electron chi connectivity index (χ4n) is 2.64. The van der Waals surface area contributed by atoms with Crippen molar-refractivity contribution in [1.82, 2.24) is 15.1 Å². The van der Waals surface area contributed by atoms with Crippen LogP contribution in [0, 0.1) is 10.1 Å². The van der Waals surface area contributed by atoms with Gasteiger partial charge in [0.2, 0.25) is 0 Å². The number of halogens is 1. The maximum Gasteiger partial charge on any atom is 0.270 e. The highest BCUT2D eigenvalue weighted by molar-refractivity contribution is 6.32. The molecular formula is C20H19ClN4O3. The second kappa shape index (κ2) is 8.22. The molecule has 1 atom stereocenters. The van der Waals surface area contributed by atoms with Gasteiger partial charge in [0.05, 0.1) is 21.3 Å². The second-order valence-electron chi connectivity index (χ2n) is 6.36. The van der Waals surface area contributed by atoms with Crippen LogP contribution in [0.1, 0.15) is 30.8 Å². The summed E-state index contributed by atoms with van der Waals surface area (Å²) in [6.07, 6.45) is 0.793. The summed E-state index contributed by atoms with van der Waals surface area (Å²) in [6.45, 7) is 3.91. The fourth-order valence-corrected chi connectivity index (χ4v) is 2.86. The van der Waals surface area contributed by atoms with Gasteiger partial charge in [-0.25, -0.2) is 4.68 Å². The Kier molecular flexibility index (Phi) is 5.75. The van der Waals surface area contributed by atoms with E-state index in [2.05, 4.69) is 10.4 Å². The number of para-hydroxylation sites is 1. The molecule has 0 aliphatic rings. The Morgan fingerprint density at radius 2 is 1.93 bits per heavy atom. The summed E-state index contributed by atoms with van der Waals surface area (Å²) in [5.41, 5.74) is 2.08. The molecule has 1 amide bonds. The minimum atomic E-state index is -0.461. The van der Waals surface area contributed by atoms with Gasteiger partial charge in [-0.2, -0.15) is 5.10 Å². The lowest BCUT2D eigenvalue weighted by Gasteiger charge is -2.13. The fraction of sp³-hybridized carbons (Fsp3) is 0.200. The van der Waals surface area contributed by atoms with E-state index in [1.807, 2.05) is 19.9 Å². The van der Waals surface area contributed by atoms with Gasteiger partial charge in [0.1, 0.15) is 5.69 Å². The van der Waals surface area contributed by atoms with Gasteiger partial charge >= 0.3 is 0 Å². The number of benzene rings is 2. The van der Waals surface area contributed by atoms with Crippen LogP contribution in [0.5, 0.6) is 0 Å². The van der Waals surface area contributed by atoms with Crippen molar-refractivity contribution in [3.63, 3.8) is 0 Å². The number of nitro groups is 1. The number of hydrogen-bond acceptors (Lipinski definition) is 4. The molecule has 7 nitrogen and oxygen atoms in total. The largest absolute Gasteiger partial charge is 0.348 e. The van der Waals surface area contributed by atoms with Gasteiger partial charge in [0.25, 0.3) is 11.6 Å². The Bertz CT molecular complexity index is 1010. The first-order valence-corrected chi connectivity index (χ1v) is 9.19. The third-order valence-electron chi connectivity index (χ3n) is 4.39. The van der Waals surface area contributed by atoms with Crippen molar-refractivity contribution < 1.29 is 9.72 Å². The number of carbonyl (C=O) groups is 1. The van der Waals surface area contributed by atoms with E-state index in [0.29, 0.717) is 27.7 Å². The van der Waals surface area contributed by atoms with Gasteiger partial charge in [-0.1, -0.05) is 30.7 Å². The number of aromatic nitrogens is 2. The molecule has 0 radical (unpaired) electrons. The van der Waals surface area contributed by atoms with E-state index in [9.17, 15) is 14.9 Å². The maximum atomic E-state index is 12.8. The average Bonchev–Trinajstić information content (AvgIpc) is 3.13. The lowest BCUT2D eigenvalue weighted by atomic mass is 10.1. The number of hydrogen-bond donors (Lipinski definition) is 1. The highest BCUT2D eigenvalue weighted by Crippen LogP contribution is 2.27. The number of amides is 1. The Labute approximate surface area is 167 Å². The number of rotatable bonds is 6. The summed E-state index contributed by atoms with van der Waals surface area (Å²) in [7, 11) is 0. The second-order valence-corrected chi connectivity index (χ2v) is 6.77. The predicted molar refractivity (Wildman–Crippen MR) is 108 cm³/mol. The molecule has 28 heavy (non-hydrogen) atoms. The Morgan fingerprint density at radius 1 is 1.25 bits per heavy atom. The molecule has 1 N–H and O–H groups in total. The molecule has 1 aromatic heterocycles. The SMILES string of the molecule is CC[C@H](C)NC(=O)c1cc(-c2ccc([N+](=O)[O-])cc2)nn1-c1ccccc1Cl. The Balaban J connectivity index is 2.08. The molecule has 0 bridgehead atoms. The van der Waals surface area contributed by atoms with E-state index < -0.39 is 4.92 Å². The first-order chi connectivity index (χ1) is 13.4. The summed E-state index contributed by atoms with van der Waals surface area (Å²) in [6, 6.07) is 14.8. The lowest BCUT2D eigenvalue weighted by molar-refractivity contribution is -0.384. The highest BCUT2D eigenvalue weighted by Gasteiger charge is 2.20. The molecule has 0 aliphatic heterocycles. The van der Waals surface area contributed by atoms with Gasteiger partial charge in [-0.15, -0.1) is 0 Å². The van der Waals surface area contributed by atoms with Gasteiger partial charge in [-0.3, -0.25) is 14.9 Å². The van der Waals surface area contributed by atoms with Crippen molar-refractivity contribution in [3.8, 4) is 16.9 Å². The normalized spacial score (nSPS) is 11.8. The summed E-state index contributed by atoms with van der Waals surface area (Å²) in [5.74, 6) is -0.269. The van der Waals surface area contributed by atoms with Gasteiger partial charge in [-0.05, 0) is 43.7 Å². The zero-order valence-electron chi connectivity index (χ0n) is 15.4. The van der Waals surface area contributed by atoms with Crippen LogP contribution in [0.25, 0.3) is 16.9 Å². The summed E-state index contributed by atoms with van der Waals surface area (Å²) >= 11 is 6.31. The number of non-ortho nitro benzene ring substituents is 1. The zero-order valence-corrected chi connectivity index (χ0v) is 16.2. The van der Waals surface area contributed by atoms with Crippen molar-refractivity contribution in [2.24, 2.45) is 0 Å². The molecule has 0 spiro atoms. The minimum Gasteiger partial charge on any atom is -0.348 e. The van der Waals surface area contributed by atoms with Crippen LogP contribution >= 0.6 is 11.6 Å². The van der Waals surface area contributed by atoms with Gasteiger partial charge < -0.3 is 5.32 Å². The van der Waals surface area contributed by atoms with Crippen molar-refractivity contribution >= 4 is 23.2 Å². The summed E-state index contributed by atoms with van der Waals surface area (Å²) < 4.78 is 1.50. The molecule has 0 aliphatic carbocycles. The van der Waals surface area contributed by atoms with E-state index in [4.69, 9.17) is 11.6 Å². The van der Waals surface area contributed by atoms with Gasteiger partial charge in [0, 0.05) is 23.7 Å². The maximum absolute atomic E-state index is 12.8. The van der Waals surface area contributed by atoms with E-state index >= 15 is 0 Å². The summed E-state index contributed by atoms with van der Waals surface area (Å²) in [5, 5.41) is 18.8. The molecule has 144 valence electrons. The van der Waals surface area contributed by atoms with Crippen LogP contribution in [-0.2, 0) is 0 Å². The van der Waals surface area contributed by atoms with Crippen LogP contribution in [-0.4, -0.2) is 26.7 Å². The molecule has 1 heterocycles. The molecule has 0 unspecified atom stereocenters. The van der Waals surface area contributed by atoms with Crippen LogP contribution < -0.4 is 5.32 Å². The van der Waals surface area contributed by atoms with Crippen molar-refractivity contribution in [2.45, 2.75) is 26.3 Å². The Morgan fingerprint density at radius 3 is 2.54 bits per heavy atom. The third kappa shape index (κ3) is 4.04. The quantitative estimate of drug-likeness (QED) is 0.484. The van der Waals surface area contributed by atoms with Crippen LogP contribution in [0.4, 0.5) is 5.69 Å². The van der Waals surface area contributed by atoms with Crippen LogP contribution in [0.3, 0.4) is 0 Å². The molecule has 3 aromatic rings. The van der Waals surface area contributed by atoms with E-state index in [1.165, 1.54) is 16.8 Å². The molecule has 0 fully saturated rings. The molecule has 8 heteroatoms. The number of carbonyl (C=O) groups excluding carboxylic acids is 1. The first kappa shape index (κ1) is 19.6. The zero-order chi connectivity index (χ0) is 20.3. The minimum absolute atomic E-state index is 0.00456. The first-order valence-electron chi connectivity index (χ1n) is 8.81. The van der Waals surface area contributed by atoms with Crippen LogP contribution in [0.15, 0.2) is 54.6 Å². The average molecular weight is 399 g/mol. The highest BCUT2D eigenvalue weighted by atomic mass is 35.5. The van der Waals surface area contributed by atoms with Gasteiger partial charge in [0.15, 0.2) is 0 Å². The number of nitro benzene ring substituents is 1. The van der Waals surface area contributed by atoms with Crippen LogP contribution in [0.2, 0.25) is 5.02 Å². The molecule has 0 saturated carbocycles. The van der Waals surface area contributed by atoms with Crippen molar-refractivity contribution in [3.05, 3.63) is 75.4 Å². The predicted octanol–water partition coefficient (Wildman–Crippen LogP) is 4.63. The van der Waals surface area contributed by atoms with E-state index in [0.717, 1.165) is 6.42 Å². The Hall–Kier alpha value is -3.19.